The monoisotopic (exact) mass is 349 g/mol. The normalized spacial score (nSPS) is 23.0. The number of aliphatic imine (C=N–C) groups is 2. The van der Waals surface area contributed by atoms with Crippen molar-refractivity contribution >= 4 is 23.0 Å². The van der Waals surface area contributed by atoms with Crippen LogP contribution in [0.2, 0.25) is 0 Å². The lowest BCUT2D eigenvalue weighted by atomic mass is 10.1. The first-order chi connectivity index (χ1) is 11.9. The van der Waals surface area contributed by atoms with E-state index in [-0.39, 0.29) is 6.04 Å². The Morgan fingerprint density at radius 2 is 1.92 bits per heavy atom. The zero-order chi connectivity index (χ0) is 17.6. The van der Waals surface area contributed by atoms with Crippen molar-refractivity contribution in [1.29, 1.82) is 0 Å². The van der Waals surface area contributed by atoms with Gasteiger partial charge in [0.1, 0.15) is 0 Å². The van der Waals surface area contributed by atoms with E-state index in [4.69, 9.17) is 0 Å². The molecule has 132 valence electrons. The highest BCUT2D eigenvalue weighted by molar-refractivity contribution is 6.47. The molecule has 1 fully saturated rings. The Morgan fingerprint density at radius 1 is 1.16 bits per heavy atom. The molecule has 5 nitrogen and oxygen atoms in total. The Balaban J connectivity index is 1.83. The molecule has 0 spiro atoms. The van der Waals surface area contributed by atoms with Gasteiger partial charge in [-0.2, -0.15) is 13.2 Å². The highest BCUT2D eigenvalue weighted by atomic mass is 19.4. The maximum Gasteiger partial charge on any atom is 0.416 e. The van der Waals surface area contributed by atoms with Crippen LogP contribution in [-0.4, -0.2) is 48.8 Å². The van der Waals surface area contributed by atoms with Crippen molar-refractivity contribution in [2.45, 2.75) is 19.1 Å². The Bertz CT molecular complexity index is 775. The number of nitrogens with zero attached hydrogens (tertiary/aromatic N) is 4. The fourth-order valence-electron chi connectivity index (χ4n) is 3.18. The van der Waals surface area contributed by atoms with E-state index in [2.05, 4.69) is 20.2 Å². The molecular formula is C17H18F3N5. The maximum absolute atomic E-state index is 13.1. The second kappa shape index (κ2) is 5.87. The summed E-state index contributed by atoms with van der Waals surface area (Å²) >= 11 is 0. The quantitative estimate of drug-likeness (QED) is 0.783. The molecule has 4 rings (SSSR count). The van der Waals surface area contributed by atoms with Gasteiger partial charge in [0.05, 0.1) is 23.0 Å². The summed E-state index contributed by atoms with van der Waals surface area (Å²) in [4.78, 5) is 13.1. The van der Waals surface area contributed by atoms with Gasteiger partial charge in [0, 0.05) is 32.4 Å². The van der Waals surface area contributed by atoms with Crippen LogP contribution in [0.25, 0.3) is 0 Å². The number of piperazine rings is 1. The van der Waals surface area contributed by atoms with Crippen molar-refractivity contribution in [3.63, 3.8) is 0 Å². The first-order valence-electron chi connectivity index (χ1n) is 8.25. The van der Waals surface area contributed by atoms with E-state index in [0.29, 0.717) is 17.2 Å². The van der Waals surface area contributed by atoms with Crippen molar-refractivity contribution in [1.82, 2.24) is 10.2 Å². The minimum atomic E-state index is -4.39. The standard InChI is InChI=1S/C17H18F3N5/c1-11-4-7-25-14-10-12(17(18,19)20)2-3-13(14)23-15(16(25)22-11)24-8-5-21-6-9-24/h2-4,7,10-11,21H,5-6,8-9H2,1H3. The van der Waals surface area contributed by atoms with Gasteiger partial charge in [-0.1, -0.05) is 0 Å². The highest BCUT2D eigenvalue weighted by Gasteiger charge is 2.35. The summed E-state index contributed by atoms with van der Waals surface area (Å²) in [5, 5.41) is 3.29. The molecule has 1 saturated heterocycles. The van der Waals surface area contributed by atoms with Gasteiger partial charge >= 0.3 is 6.18 Å². The first kappa shape index (κ1) is 16.1. The Kier molecular flexibility index (Phi) is 3.79. The van der Waals surface area contributed by atoms with E-state index >= 15 is 0 Å². The predicted molar refractivity (Wildman–Crippen MR) is 91.5 cm³/mol. The van der Waals surface area contributed by atoms with Crippen LogP contribution in [0.3, 0.4) is 0 Å². The van der Waals surface area contributed by atoms with E-state index in [1.807, 2.05) is 13.0 Å². The van der Waals surface area contributed by atoms with Crippen LogP contribution < -0.4 is 10.2 Å². The van der Waals surface area contributed by atoms with Crippen molar-refractivity contribution < 1.29 is 13.2 Å². The van der Waals surface area contributed by atoms with Gasteiger partial charge in [0.2, 0.25) is 0 Å². The second-order valence-corrected chi connectivity index (χ2v) is 6.28. The Labute approximate surface area is 143 Å². The van der Waals surface area contributed by atoms with E-state index in [0.717, 1.165) is 44.1 Å². The van der Waals surface area contributed by atoms with Crippen molar-refractivity contribution in [3.05, 3.63) is 36.0 Å². The summed E-state index contributed by atoms with van der Waals surface area (Å²) < 4.78 is 39.3. The van der Waals surface area contributed by atoms with Crippen LogP contribution in [0.1, 0.15) is 12.5 Å². The average Bonchev–Trinajstić information content (AvgIpc) is 2.60. The molecular weight excluding hydrogens is 331 g/mol. The number of amidine groups is 2. The van der Waals surface area contributed by atoms with Crippen molar-refractivity contribution in [2.75, 3.05) is 31.1 Å². The molecule has 1 atom stereocenters. The lowest BCUT2D eigenvalue weighted by molar-refractivity contribution is -0.137. The molecule has 0 amide bonds. The summed E-state index contributed by atoms with van der Waals surface area (Å²) in [5.41, 5.74) is 0.258. The number of hydrogen-bond donors (Lipinski definition) is 1. The molecule has 0 aromatic heterocycles. The van der Waals surface area contributed by atoms with Gasteiger partial charge in [0.15, 0.2) is 11.7 Å². The molecule has 1 N–H and O–H groups in total. The zero-order valence-electron chi connectivity index (χ0n) is 13.7. The van der Waals surface area contributed by atoms with Gasteiger partial charge in [-0.15, -0.1) is 0 Å². The number of anilines is 1. The number of rotatable bonds is 0. The van der Waals surface area contributed by atoms with Crippen LogP contribution in [-0.2, 0) is 6.18 Å². The molecule has 3 aliphatic rings. The third-order valence-electron chi connectivity index (χ3n) is 4.47. The molecule has 0 aliphatic carbocycles. The Morgan fingerprint density at radius 3 is 2.64 bits per heavy atom. The van der Waals surface area contributed by atoms with Gasteiger partial charge < -0.3 is 10.2 Å². The molecule has 1 aromatic carbocycles. The molecule has 3 heterocycles. The molecule has 8 heteroatoms. The fourth-order valence-corrected chi connectivity index (χ4v) is 3.18. The second-order valence-electron chi connectivity index (χ2n) is 6.28. The third-order valence-corrected chi connectivity index (χ3v) is 4.47. The van der Waals surface area contributed by atoms with Crippen molar-refractivity contribution in [2.24, 2.45) is 9.98 Å². The predicted octanol–water partition coefficient (Wildman–Crippen LogP) is 2.77. The van der Waals surface area contributed by atoms with Crippen LogP contribution in [0.4, 0.5) is 24.5 Å². The number of alkyl halides is 3. The van der Waals surface area contributed by atoms with E-state index in [9.17, 15) is 13.2 Å². The molecule has 25 heavy (non-hydrogen) atoms. The number of hydrogen-bond acceptors (Lipinski definition) is 5. The van der Waals surface area contributed by atoms with Gasteiger partial charge in [-0.3, -0.25) is 9.89 Å². The van der Waals surface area contributed by atoms with Gasteiger partial charge in [-0.25, -0.2) is 4.99 Å². The maximum atomic E-state index is 13.1. The summed E-state index contributed by atoms with van der Waals surface area (Å²) in [5.74, 6) is 1.34. The average molecular weight is 349 g/mol. The summed E-state index contributed by atoms with van der Waals surface area (Å²) in [6, 6.07) is 3.62. The molecule has 0 saturated carbocycles. The lowest BCUT2D eigenvalue weighted by Crippen LogP contribution is -2.53. The number of fused-ring (bicyclic) bond motifs is 3. The van der Waals surface area contributed by atoms with E-state index < -0.39 is 11.7 Å². The highest BCUT2D eigenvalue weighted by Crippen LogP contribution is 2.40. The minimum Gasteiger partial charge on any atom is -0.351 e. The fraction of sp³-hybridized carbons (Fsp3) is 0.412. The minimum absolute atomic E-state index is 0.0354. The molecule has 1 aromatic rings. The number of nitrogens with one attached hydrogen (secondary N) is 1. The summed E-state index contributed by atoms with van der Waals surface area (Å²) in [6.45, 7) is 5.21. The van der Waals surface area contributed by atoms with Crippen molar-refractivity contribution in [3.8, 4) is 0 Å². The van der Waals surface area contributed by atoms with E-state index in [1.165, 1.54) is 6.07 Å². The van der Waals surface area contributed by atoms with Crippen LogP contribution >= 0.6 is 0 Å². The Hall–Kier alpha value is -2.35. The summed E-state index contributed by atoms with van der Waals surface area (Å²) in [6.07, 6.45) is -0.723. The topological polar surface area (TPSA) is 43.2 Å². The third kappa shape index (κ3) is 2.90. The summed E-state index contributed by atoms with van der Waals surface area (Å²) in [7, 11) is 0. The smallest absolute Gasteiger partial charge is 0.351 e. The van der Waals surface area contributed by atoms with Gasteiger partial charge in [-0.05, 0) is 31.2 Å². The molecule has 3 aliphatic heterocycles. The lowest BCUT2D eigenvalue weighted by Gasteiger charge is -2.38. The largest absolute Gasteiger partial charge is 0.416 e. The molecule has 0 bridgehead atoms. The van der Waals surface area contributed by atoms with Crippen LogP contribution in [0.5, 0.6) is 0 Å². The van der Waals surface area contributed by atoms with Crippen LogP contribution in [0, 0.1) is 0 Å². The van der Waals surface area contributed by atoms with Gasteiger partial charge in [0.25, 0.3) is 0 Å². The van der Waals surface area contributed by atoms with E-state index in [1.54, 1.807) is 11.1 Å². The molecule has 0 radical (unpaired) electrons. The number of halogens is 3. The first-order valence-corrected chi connectivity index (χ1v) is 8.25. The number of benzene rings is 1. The SMILES string of the molecule is CC1C=CN2C(=N1)C(N1CCNCC1)=Nc1ccc(C(F)(F)F)cc12. The molecule has 1 unspecified atom stereocenters. The zero-order valence-corrected chi connectivity index (χ0v) is 13.7. The van der Waals surface area contributed by atoms with Crippen LogP contribution in [0.15, 0.2) is 40.5 Å².